The van der Waals surface area contributed by atoms with E-state index in [1.165, 1.54) is 0 Å². The van der Waals surface area contributed by atoms with Crippen LogP contribution < -0.4 is 10.9 Å². The standard InChI is InChI=1S/C22H25N3O2S2/c1-24(2)13-15-29-28-14-12-23-21(26)20-16-25(17-8-4-3-5-9-17)22(27)19-11-7-6-10-18(19)20/h3-11,16H,12-15H2,1-2H3,(H,23,26). The lowest BCUT2D eigenvalue weighted by molar-refractivity contribution is 0.0957. The van der Waals surface area contributed by atoms with Crippen LogP contribution in [0.25, 0.3) is 16.5 Å². The molecule has 1 amide bonds. The Bertz CT molecular complexity index is 1020. The van der Waals surface area contributed by atoms with Crippen molar-refractivity contribution in [3.05, 3.63) is 76.7 Å². The molecule has 0 bridgehead atoms. The van der Waals surface area contributed by atoms with Crippen molar-refractivity contribution in [1.29, 1.82) is 0 Å². The van der Waals surface area contributed by atoms with Crippen LogP contribution in [0.4, 0.5) is 0 Å². The molecule has 0 aliphatic heterocycles. The summed E-state index contributed by atoms with van der Waals surface area (Å²) in [5, 5.41) is 4.21. The van der Waals surface area contributed by atoms with Gasteiger partial charge >= 0.3 is 0 Å². The molecule has 0 fully saturated rings. The summed E-state index contributed by atoms with van der Waals surface area (Å²) in [7, 11) is 7.69. The van der Waals surface area contributed by atoms with E-state index >= 15 is 0 Å². The van der Waals surface area contributed by atoms with Crippen LogP contribution in [-0.2, 0) is 0 Å². The van der Waals surface area contributed by atoms with Crippen molar-refractivity contribution in [2.45, 2.75) is 0 Å². The van der Waals surface area contributed by atoms with Crippen molar-refractivity contribution in [3.63, 3.8) is 0 Å². The van der Waals surface area contributed by atoms with Gasteiger partial charge in [-0.05, 0) is 32.3 Å². The van der Waals surface area contributed by atoms with Crippen LogP contribution in [0.15, 0.2) is 65.6 Å². The second-order valence-corrected chi connectivity index (χ2v) is 9.50. The molecule has 152 valence electrons. The minimum atomic E-state index is -0.162. The second kappa shape index (κ2) is 10.5. The molecule has 1 N–H and O–H groups in total. The molecule has 0 aliphatic carbocycles. The zero-order valence-electron chi connectivity index (χ0n) is 16.6. The number of pyridine rings is 1. The first-order chi connectivity index (χ1) is 14.1. The Morgan fingerprint density at radius 1 is 0.966 bits per heavy atom. The van der Waals surface area contributed by atoms with Gasteiger partial charge in [0.1, 0.15) is 0 Å². The van der Waals surface area contributed by atoms with Gasteiger partial charge in [0.25, 0.3) is 11.5 Å². The van der Waals surface area contributed by atoms with Crippen molar-refractivity contribution < 1.29 is 4.79 Å². The Morgan fingerprint density at radius 3 is 2.34 bits per heavy atom. The highest BCUT2D eigenvalue weighted by atomic mass is 33.1. The monoisotopic (exact) mass is 427 g/mol. The lowest BCUT2D eigenvalue weighted by atomic mass is 10.1. The lowest BCUT2D eigenvalue weighted by Gasteiger charge is -2.13. The van der Waals surface area contributed by atoms with Crippen LogP contribution in [0.1, 0.15) is 10.4 Å². The van der Waals surface area contributed by atoms with Gasteiger partial charge in [-0.25, -0.2) is 0 Å². The van der Waals surface area contributed by atoms with Crippen LogP contribution in [0, 0.1) is 0 Å². The summed E-state index contributed by atoms with van der Waals surface area (Å²) in [5.74, 6) is 1.73. The molecule has 3 rings (SSSR count). The third-order valence-corrected chi connectivity index (χ3v) is 6.77. The minimum Gasteiger partial charge on any atom is -0.351 e. The average molecular weight is 428 g/mol. The molecule has 0 spiro atoms. The first-order valence-corrected chi connectivity index (χ1v) is 11.9. The molecular weight excluding hydrogens is 402 g/mol. The van der Waals surface area contributed by atoms with Crippen molar-refractivity contribution >= 4 is 38.3 Å². The summed E-state index contributed by atoms with van der Waals surface area (Å²) in [4.78, 5) is 28.0. The largest absolute Gasteiger partial charge is 0.351 e. The van der Waals surface area contributed by atoms with Gasteiger partial charge in [0.05, 0.1) is 5.56 Å². The average Bonchev–Trinajstić information content (AvgIpc) is 2.74. The van der Waals surface area contributed by atoms with E-state index in [4.69, 9.17) is 0 Å². The maximum Gasteiger partial charge on any atom is 0.262 e. The summed E-state index contributed by atoms with van der Waals surface area (Å²) in [5.41, 5.74) is 1.12. The molecule has 0 saturated heterocycles. The number of nitrogens with zero attached hydrogens (tertiary/aromatic N) is 2. The van der Waals surface area contributed by atoms with Gasteiger partial charge < -0.3 is 10.2 Å². The number of aromatic nitrogens is 1. The number of amides is 1. The number of carbonyl (C=O) groups excluding carboxylic acids is 1. The maximum absolute atomic E-state index is 12.9. The van der Waals surface area contributed by atoms with Gasteiger partial charge in [0.2, 0.25) is 0 Å². The fourth-order valence-corrected chi connectivity index (χ4v) is 4.93. The summed E-state index contributed by atoms with van der Waals surface area (Å²) in [6.07, 6.45) is 1.65. The molecule has 7 heteroatoms. The van der Waals surface area contributed by atoms with Gasteiger partial charge in [-0.1, -0.05) is 58.0 Å². The van der Waals surface area contributed by atoms with E-state index in [0.717, 1.165) is 23.7 Å². The van der Waals surface area contributed by atoms with Crippen molar-refractivity contribution in [3.8, 4) is 5.69 Å². The summed E-state index contributed by atoms with van der Waals surface area (Å²) < 4.78 is 1.54. The molecule has 1 heterocycles. The Labute approximate surface area is 178 Å². The van der Waals surface area contributed by atoms with Crippen LogP contribution >= 0.6 is 21.6 Å². The highest BCUT2D eigenvalue weighted by molar-refractivity contribution is 8.76. The normalized spacial score (nSPS) is 11.1. The van der Waals surface area contributed by atoms with E-state index in [1.807, 2.05) is 59.3 Å². The molecule has 1 aromatic heterocycles. The SMILES string of the molecule is CN(C)CCSSCCNC(=O)c1cn(-c2ccccc2)c(=O)c2ccccc12. The molecule has 29 heavy (non-hydrogen) atoms. The first kappa shape index (κ1) is 21.5. The fourth-order valence-electron chi connectivity index (χ4n) is 2.89. The van der Waals surface area contributed by atoms with Crippen molar-refractivity contribution in [2.24, 2.45) is 0 Å². The second-order valence-electron chi connectivity index (χ2n) is 6.80. The highest BCUT2D eigenvalue weighted by Gasteiger charge is 2.15. The highest BCUT2D eigenvalue weighted by Crippen LogP contribution is 2.20. The predicted octanol–water partition coefficient (Wildman–Crippen LogP) is 3.66. The minimum absolute atomic E-state index is 0.129. The van der Waals surface area contributed by atoms with E-state index in [9.17, 15) is 9.59 Å². The summed E-state index contributed by atoms with van der Waals surface area (Å²) >= 11 is 0. The molecule has 0 radical (unpaired) electrons. The number of carbonyl (C=O) groups is 1. The van der Waals surface area contributed by atoms with E-state index in [1.54, 1.807) is 27.6 Å². The molecule has 0 atom stereocenters. The molecule has 3 aromatic rings. The third kappa shape index (κ3) is 5.65. The number of para-hydroxylation sites is 1. The van der Waals surface area contributed by atoms with Crippen LogP contribution in [-0.4, -0.2) is 54.1 Å². The third-order valence-electron chi connectivity index (χ3n) is 4.38. The Balaban J connectivity index is 1.75. The molecule has 2 aromatic carbocycles. The smallest absolute Gasteiger partial charge is 0.262 e. The number of hydrogen-bond acceptors (Lipinski definition) is 5. The quantitative estimate of drug-likeness (QED) is 0.417. The first-order valence-electron chi connectivity index (χ1n) is 9.45. The van der Waals surface area contributed by atoms with E-state index < -0.39 is 0 Å². The van der Waals surface area contributed by atoms with Gasteiger partial charge in [0, 0.05) is 47.3 Å². The zero-order chi connectivity index (χ0) is 20.6. The molecule has 0 unspecified atom stereocenters. The van der Waals surface area contributed by atoms with Gasteiger partial charge in [-0.2, -0.15) is 0 Å². The number of nitrogens with one attached hydrogen (secondary N) is 1. The van der Waals surface area contributed by atoms with Crippen LogP contribution in [0.5, 0.6) is 0 Å². The number of rotatable bonds is 9. The van der Waals surface area contributed by atoms with Gasteiger partial charge in [-0.15, -0.1) is 0 Å². The number of benzene rings is 2. The van der Waals surface area contributed by atoms with E-state index in [-0.39, 0.29) is 11.5 Å². The Morgan fingerprint density at radius 2 is 1.62 bits per heavy atom. The van der Waals surface area contributed by atoms with Crippen LogP contribution in [0.2, 0.25) is 0 Å². The predicted molar refractivity (Wildman–Crippen MR) is 125 cm³/mol. The van der Waals surface area contributed by atoms with Gasteiger partial charge in [-0.3, -0.25) is 14.2 Å². The fraction of sp³-hybridized carbons (Fsp3) is 0.273. The van der Waals surface area contributed by atoms with Crippen molar-refractivity contribution in [2.75, 3.05) is 38.7 Å². The Kier molecular flexibility index (Phi) is 7.80. The zero-order valence-corrected chi connectivity index (χ0v) is 18.3. The molecule has 5 nitrogen and oxygen atoms in total. The van der Waals surface area contributed by atoms with Gasteiger partial charge in [0.15, 0.2) is 0 Å². The number of hydrogen-bond donors (Lipinski definition) is 1. The molecule has 0 aliphatic rings. The molecular formula is C22H25N3O2S2. The van der Waals surface area contributed by atoms with Crippen molar-refractivity contribution in [1.82, 2.24) is 14.8 Å². The maximum atomic E-state index is 12.9. The lowest BCUT2D eigenvalue weighted by Crippen LogP contribution is -2.28. The van der Waals surface area contributed by atoms with E-state index in [0.29, 0.717) is 22.9 Å². The Hall–Kier alpha value is -2.22. The van der Waals surface area contributed by atoms with E-state index in [2.05, 4.69) is 24.3 Å². The van der Waals surface area contributed by atoms with Crippen LogP contribution in [0.3, 0.4) is 0 Å². The summed E-state index contributed by atoms with van der Waals surface area (Å²) in [6.45, 7) is 1.62. The number of fused-ring (bicyclic) bond motifs is 1. The molecule has 0 saturated carbocycles. The topological polar surface area (TPSA) is 54.3 Å². The summed E-state index contributed by atoms with van der Waals surface area (Å²) in [6, 6.07) is 16.6.